The quantitative estimate of drug-likeness (QED) is 0.152. The Morgan fingerprint density at radius 3 is 1.41 bits per heavy atom. The lowest BCUT2D eigenvalue weighted by Gasteiger charge is -2.26. The fraction of sp³-hybridized carbons (Fsp3) is 0.188. The minimum atomic E-state index is -0.266. The molecule has 8 rings (SSSR count). The highest BCUT2D eigenvalue weighted by molar-refractivity contribution is 5.95. The standard InChI is InChI=1S/C24H23FN2O.C24H19FN2O/c2*25-22-10-7-18(8-11-22)17-3-5-19(6-4-17)24(28)27-23-12-9-20-13-16(15-26)1-2-21(20)14-23/h1-8,10-11,13,23H,9,12,14-15,26H2,(H,27,28);1-8,10-11,13,23H,9,12,14H2,(H,27,28). The zero-order chi connectivity index (χ0) is 39.0. The van der Waals surface area contributed by atoms with Crippen LogP contribution in [0, 0.1) is 23.0 Å². The van der Waals surface area contributed by atoms with E-state index in [1.54, 1.807) is 36.4 Å². The molecule has 2 amide bonds. The van der Waals surface area contributed by atoms with Crippen LogP contribution in [0.4, 0.5) is 8.78 Å². The number of benzene rings is 6. The van der Waals surface area contributed by atoms with Gasteiger partial charge in [0.25, 0.3) is 11.8 Å². The Kier molecular flexibility index (Phi) is 11.7. The van der Waals surface area contributed by atoms with Gasteiger partial charge in [-0.1, -0.05) is 72.8 Å². The van der Waals surface area contributed by atoms with E-state index in [0.29, 0.717) is 23.2 Å². The molecule has 0 saturated carbocycles. The summed E-state index contributed by atoms with van der Waals surface area (Å²) in [6.45, 7) is 0.557. The fourth-order valence-corrected chi connectivity index (χ4v) is 7.46. The summed E-state index contributed by atoms with van der Waals surface area (Å²) in [6.07, 6.45) is 5.23. The summed E-state index contributed by atoms with van der Waals surface area (Å²) in [4.78, 5) is 25.3. The number of nitrogens with zero attached hydrogens (tertiary/aromatic N) is 1. The van der Waals surface area contributed by atoms with Crippen LogP contribution in [0.5, 0.6) is 0 Å². The Hall–Kier alpha value is -6.43. The number of nitrogens with two attached hydrogens (primary N) is 1. The lowest BCUT2D eigenvalue weighted by Crippen LogP contribution is -2.38. The first kappa shape index (κ1) is 37.9. The van der Waals surface area contributed by atoms with Crippen LogP contribution in [0.15, 0.2) is 133 Å². The summed E-state index contributed by atoms with van der Waals surface area (Å²) in [7, 11) is 0. The number of carbonyl (C=O) groups excluding carboxylic acids is 2. The molecule has 56 heavy (non-hydrogen) atoms. The predicted octanol–water partition coefficient (Wildman–Crippen LogP) is 8.89. The SMILES string of the molecule is N#Cc1ccc2c(c1)CCC(NC(=O)c1ccc(-c3ccc(F)cc3)cc1)C2.NCc1ccc2c(c1)CCC(NC(=O)c1ccc(-c3ccc(F)cc3)cc1)C2. The van der Waals surface area contributed by atoms with Gasteiger partial charge in [0.1, 0.15) is 11.6 Å². The third-order valence-electron chi connectivity index (χ3n) is 10.6. The smallest absolute Gasteiger partial charge is 0.251 e. The van der Waals surface area contributed by atoms with E-state index in [1.807, 2.05) is 54.6 Å². The maximum Gasteiger partial charge on any atom is 0.251 e. The molecule has 6 aromatic carbocycles. The van der Waals surface area contributed by atoms with Gasteiger partial charge in [-0.15, -0.1) is 0 Å². The molecule has 2 aliphatic carbocycles. The predicted molar refractivity (Wildman–Crippen MR) is 216 cm³/mol. The van der Waals surface area contributed by atoms with Crippen molar-refractivity contribution in [3.8, 4) is 28.3 Å². The van der Waals surface area contributed by atoms with E-state index in [9.17, 15) is 18.4 Å². The van der Waals surface area contributed by atoms with Crippen molar-refractivity contribution in [2.75, 3.05) is 0 Å². The minimum Gasteiger partial charge on any atom is -0.349 e. The van der Waals surface area contributed by atoms with Crippen LogP contribution in [0.2, 0.25) is 0 Å². The second-order valence-electron chi connectivity index (χ2n) is 14.4. The van der Waals surface area contributed by atoms with Crippen LogP contribution in [-0.4, -0.2) is 23.9 Å². The number of hydrogen-bond donors (Lipinski definition) is 3. The van der Waals surface area contributed by atoms with Crippen LogP contribution >= 0.6 is 0 Å². The molecular formula is C48H42F2N4O2. The van der Waals surface area contributed by atoms with Crippen molar-refractivity contribution in [1.29, 1.82) is 5.26 Å². The highest BCUT2D eigenvalue weighted by Gasteiger charge is 2.22. The van der Waals surface area contributed by atoms with Crippen LogP contribution in [0.1, 0.15) is 66.9 Å². The molecule has 0 bridgehead atoms. The molecule has 6 nitrogen and oxygen atoms in total. The number of amides is 2. The van der Waals surface area contributed by atoms with E-state index in [0.717, 1.165) is 66.3 Å². The molecule has 4 N–H and O–H groups in total. The number of fused-ring (bicyclic) bond motifs is 2. The van der Waals surface area contributed by atoms with Crippen molar-refractivity contribution in [3.05, 3.63) is 190 Å². The first-order chi connectivity index (χ1) is 27.2. The number of aryl methyl sites for hydroxylation is 2. The van der Waals surface area contributed by atoms with Crippen molar-refractivity contribution < 1.29 is 18.4 Å². The van der Waals surface area contributed by atoms with Gasteiger partial charge in [-0.3, -0.25) is 9.59 Å². The molecule has 0 saturated heterocycles. The highest BCUT2D eigenvalue weighted by atomic mass is 19.1. The molecular weight excluding hydrogens is 703 g/mol. The third-order valence-corrected chi connectivity index (χ3v) is 10.6. The van der Waals surface area contributed by atoms with E-state index >= 15 is 0 Å². The molecule has 2 aliphatic rings. The Bertz CT molecular complexity index is 2370. The molecule has 0 heterocycles. The lowest BCUT2D eigenvalue weighted by atomic mass is 9.87. The average Bonchev–Trinajstić information content (AvgIpc) is 3.24. The van der Waals surface area contributed by atoms with Crippen LogP contribution in [0.25, 0.3) is 22.3 Å². The fourth-order valence-electron chi connectivity index (χ4n) is 7.46. The first-order valence-corrected chi connectivity index (χ1v) is 18.9. The van der Waals surface area contributed by atoms with Gasteiger partial charge in [-0.05, 0) is 149 Å². The van der Waals surface area contributed by atoms with Crippen LogP contribution in [0.3, 0.4) is 0 Å². The van der Waals surface area contributed by atoms with Crippen molar-refractivity contribution in [1.82, 2.24) is 10.6 Å². The van der Waals surface area contributed by atoms with E-state index in [4.69, 9.17) is 11.0 Å². The zero-order valence-corrected chi connectivity index (χ0v) is 30.9. The molecule has 0 aliphatic heterocycles. The van der Waals surface area contributed by atoms with E-state index in [1.165, 1.54) is 46.5 Å². The van der Waals surface area contributed by atoms with Gasteiger partial charge in [0.15, 0.2) is 0 Å². The van der Waals surface area contributed by atoms with Crippen LogP contribution < -0.4 is 16.4 Å². The number of hydrogen-bond acceptors (Lipinski definition) is 4. The Balaban J connectivity index is 0.000000172. The number of rotatable bonds is 7. The molecule has 280 valence electrons. The summed E-state index contributed by atoms with van der Waals surface area (Å²) in [6, 6.07) is 42.0. The average molecular weight is 745 g/mol. The molecule has 0 spiro atoms. The summed E-state index contributed by atoms with van der Waals surface area (Å²) < 4.78 is 26.1. The maximum atomic E-state index is 13.1. The summed E-state index contributed by atoms with van der Waals surface area (Å²) in [5, 5.41) is 15.3. The van der Waals surface area contributed by atoms with Crippen molar-refractivity contribution in [2.24, 2.45) is 5.73 Å². The van der Waals surface area contributed by atoms with Gasteiger partial charge < -0.3 is 16.4 Å². The normalized spacial score (nSPS) is 15.5. The summed E-state index contributed by atoms with van der Waals surface area (Å²) >= 11 is 0. The van der Waals surface area contributed by atoms with Gasteiger partial charge in [0, 0.05) is 29.8 Å². The third kappa shape index (κ3) is 9.26. The van der Waals surface area contributed by atoms with Gasteiger partial charge in [0.05, 0.1) is 11.6 Å². The molecule has 0 aromatic heterocycles. The lowest BCUT2D eigenvalue weighted by molar-refractivity contribution is 0.0925. The Morgan fingerprint density at radius 1 is 0.571 bits per heavy atom. The van der Waals surface area contributed by atoms with E-state index in [2.05, 4.69) is 34.9 Å². The highest BCUT2D eigenvalue weighted by Crippen LogP contribution is 2.26. The molecule has 6 aromatic rings. The molecule has 2 atom stereocenters. The second kappa shape index (κ2) is 17.4. The van der Waals surface area contributed by atoms with E-state index in [-0.39, 0.29) is 35.5 Å². The summed E-state index contributed by atoms with van der Waals surface area (Å²) in [5.74, 6) is -0.670. The Morgan fingerprint density at radius 2 is 0.982 bits per heavy atom. The number of halogens is 2. The topological polar surface area (TPSA) is 108 Å². The number of carbonyl (C=O) groups is 2. The van der Waals surface area contributed by atoms with Gasteiger partial charge >= 0.3 is 0 Å². The molecule has 8 heteroatoms. The maximum absolute atomic E-state index is 13.1. The van der Waals surface area contributed by atoms with Crippen LogP contribution in [-0.2, 0) is 32.2 Å². The van der Waals surface area contributed by atoms with Crippen molar-refractivity contribution >= 4 is 11.8 Å². The molecule has 0 radical (unpaired) electrons. The largest absolute Gasteiger partial charge is 0.349 e. The molecule has 0 fully saturated rings. The minimum absolute atomic E-state index is 0.0577. The van der Waals surface area contributed by atoms with E-state index < -0.39 is 0 Å². The van der Waals surface area contributed by atoms with Gasteiger partial charge in [-0.25, -0.2) is 8.78 Å². The number of nitrogens with one attached hydrogen (secondary N) is 2. The first-order valence-electron chi connectivity index (χ1n) is 18.9. The monoisotopic (exact) mass is 744 g/mol. The summed E-state index contributed by atoms with van der Waals surface area (Å²) in [5.41, 5.74) is 17.6. The second-order valence-corrected chi connectivity index (χ2v) is 14.4. The van der Waals surface area contributed by atoms with Gasteiger partial charge in [0.2, 0.25) is 0 Å². The zero-order valence-electron chi connectivity index (χ0n) is 30.9. The van der Waals surface area contributed by atoms with Crippen molar-refractivity contribution in [2.45, 2.75) is 57.2 Å². The van der Waals surface area contributed by atoms with Gasteiger partial charge in [-0.2, -0.15) is 5.26 Å². The Labute approximate surface area is 326 Å². The number of nitriles is 1. The molecule has 2 unspecified atom stereocenters. The van der Waals surface area contributed by atoms with Crippen molar-refractivity contribution in [3.63, 3.8) is 0 Å².